The van der Waals surface area contributed by atoms with Crippen molar-refractivity contribution in [1.82, 2.24) is 4.98 Å². The number of carbonyl (C=O) groups is 2. The van der Waals surface area contributed by atoms with Crippen LogP contribution in [0.3, 0.4) is 0 Å². The highest BCUT2D eigenvalue weighted by Gasteiger charge is 2.24. The highest BCUT2D eigenvalue weighted by atomic mass is 32.2. The summed E-state index contributed by atoms with van der Waals surface area (Å²) in [5, 5.41) is 6.06. The van der Waals surface area contributed by atoms with Crippen molar-refractivity contribution in [1.29, 1.82) is 0 Å². The largest absolute Gasteiger partial charge is 0.326 e. The summed E-state index contributed by atoms with van der Waals surface area (Å²) in [5.74, 6) is -0.157. The number of anilines is 2. The second-order valence-corrected chi connectivity index (χ2v) is 10.4. The molecule has 0 aliphatic heterocycles. The van der Waals surface area contributed by atoms with Crippen molar-refractivity contribution < 1.29 is 9.59 Å². The van der Waals surface area contributed by atoms with Crippen LogP contribution in [0.5, 0.6) is 0 Å². The van der Waals surface area contributed by atoms with Gasteiger partial charge in [0.2, 0.25) is 11.8 Å². The van der Waals surface area contributed by atoms with Crippen LogP contribution in [0.25, 0.3) is 11.3 Å². The van der Waals surface area contributed by atoms with Gasteiger partial charge in [0.1, 0.15) is 5.25 Å². The fourth-order valence-corrected chi connectivity index (χ4v) is 5.54. The van der Waals surface area contributed by atoms with Crippen LogP contribution in [0, 0.1) is 6.92 Å². The molecule has 4 rings (SSSR count). The summed E-state index contributed by atoms with van der Waals surface area (Å²) < 4.78 is 0. The predicted molar refractivity (Wildman–Crippen MR) is 146 cm³/mol. The summed E-state index contributed by atoms with van der Waals surface area (Å²) in [7, 11) is 0. The van der Waals surface area contributed by atoms with Crippen molar-refractivity contribution in [3.63, 3.8) is 0 Å². The van der Waals surface area contributed by atoms with Gasteiger partial charge in [-0.05, 0) is 37.1 Å². The van der Waals surface area contributed by atoms with E-state index in [9.17, 15) is 9.59 Å². The number of rotatable bonds is 9. The molecule has 2 N–H and O–H groups in total. The molecule has 1 atom stereocenters. The predicted octanol–water partition coefficient (Wildman–Crippen LogP) is 7.33. The summed E-state index contributed by atoms with van der Waals surface area (Å²) in [4.78, 5) is 32.1. The Kier molecular flexibility index (Phi) is 8.34. The lowest BCUT2D eigenvalue weighted by Gasteiger charge is -2.17. The second kappa shape index (κ2) is 11.8. The third-order valence-electron chi connectivity index (χ3n) is 5.26. The molecule has 7 heteroatoms. The van der Waals surface area contributed by atoms with Crippen LogP contribution in [0.4, 0.5) is 10.8 Å². The molecule has 0 aliphatic rings. The molecule has 0 aliphatic carbocycles. The number of thioether (sulfide) groups is 1. The first-order valence-electron chi connectivity index (χ1n) is 11.5. The minimum Gasteiger partial charge on any atom is -0.326 e. The highest BCUT2D eigenvalue weighted by Crippen LogP contribution is 2.38. The number of hydrogen-bond donors (Lipinski definition) is 2. The van der Waals surface area contributed by atoms with Crippen LogP contribution in [0.15, 0.2) is 89.8 Å². The molecule has 35 heavy (non-hydrogen) atoms. The van der Waals surface area contributed by atoms with Gasteiger partial charge in [-0.1, -0.05) is 73.7 Å². The van der Waals surface area contributed by atoms with Gasteiger partial charge in [-0.25, -0.2) is 4.98 Å². The number of benzene rings is 3. The second-order valence-electron chi connectivity index (χ2n) is 8.01. The topological polar surface area (TPSA) is 71.1 Å². The number of nitrogens with zero attached hydrogens (tertiary/aromatic N) is 1. The van der Waals surface area contributed by atoms with Gasteiger partial charge in [0.25, 0.3) is 0 Å². The van der Waals surface area contributed by atoms with E-state index in [4.69, 9.17) is 4.98 Å². The summed E-state index contributed by atoms with van der Waals surface area (Å²) >= 11 is 2.92. The van der Waals surface area contributed by atoms with Crippen LogP contribution in [0.1, 0.15) is 35.5 Å². The molecule has 0 saturated heterocycles. The van der Waals surface area contributed by atoms with E-state index in [1.54, 1.807) is 0 Å². The number of thiazole rings is 1. The molecule has 0 bridgehead atoms. The van der Waals surface area contributed by atoms with E-state index in [1.165, 1.54) is 23.1 Å². The molecule has 4 aromatic rings. The van der Waals surface area contributed by atoms with E-state index >= 15 is 0 Å². The first-order chi connectivity index (χ1) is 17.0. The lowest BCUT2D eigenvalue weighted by atomic mass is 10.1. The lowest BCUT2D eigenvalue weighted by Crippen LogP contribution is -2.19. The third kappa shape index (κ3) is 6.59. The van der Waals surface area contributed by atoms with Gasteiger partial charge in [-0.3, -0.25) is 9.59 Å². The summed E-state index contributed by atoms with van der Waals surface area (Å²) in [5.41, 5.74) is 3.53. The van der Waals surface area contributed by atoms with Crippen molar-refractivity contribution in [2.24, 2.45) is 0 Å². The maximum absolute atomic E-state index is 13.5. The Bertz CT molecular complexity index is 1290. The fraction of sp³-hybridized carbons (Fsp3) is 0.179. The number of amides is 2. The average Bonchev–Trinajstić information content (AvgIpc) is 3.23. The first-order valence-corrected chi connectivity index (χ1v) is 13.2. The summed E-state index contributed by atoms with van der Waals surface area (Å²) in [6, 6.07) is 27.3. The molecule has 1 unspecified atom stereocenters. The van der Waals surface area contributed by atoms with Gasteiger partial charge in [0.05, 0.1) is 5.69 Å². The van der Waals surface area contributed by atoms with Gasteiger partial charge in [0.15, 0.2) is 5.13 Å². The Morgan fingerprint density at radius 2 is 1.66 bits per heavy atom. The monoisotopic (exact) mass is 501 g/mol. The Balaban J connectivity index is 1.55. The van der Waals surface area contributed by atoms with Crippen LogP contribution in [-0.4, -0.2) is 16.8 Å². The summed E-state index contributed by atoms with van der Waals surface area (Å²) in [6.07, 6.45) is 1.27. The minimum absolute atomic E-state index is 0.0136. The molecule has 5 nitrogen and oxygen atoms in total. The number of aromatic nitrogens is 1. The van der Waals surface area contributed by atoms with Crippen LogP contribution in [0.2, 0.25) is 0 Å². The third-order valence-corrected chi connectivity index (χ3v) is 7.40. The van der Waals surface area contributed by atoms with Crippen LogP contribution < -0.4 is 10.6 Å². The zero-order valence-electron chi connectivity index (χ0n) is 19.7. The number of aryl methyl sites for hydroxylation is 1. The molecule has 178 valence electrons. The van der Waals surface area contributed by atoms with E-state index in [0.29, 0.717) is 11.6 Å². The van der Waals surface area contributed by atoms with Gasteiger partial charge in [-0.15, -0.1) is 23.1 Å². The van der Waals surface area contributed by atoms with Crippen molar-refractivity contribution in [2.45, 2.75) is 36.8 Å². The van der Waals surface area contributed by atoms with Gasteiger partial charge in [-0.2, -0.15) is 0 Å². The van der Waals surface area contributed by atoms with Crippen molar-refractivity contribution >= 4 is 45.7 Å². The molecule has 0 fully saturated rings. The van der Waals surface area contributed by atoms with Crippen molar-refractivity contribution in [2.75, 3.05) is 10.6 Å². The standard InChI is InChI=1S/C28H27N3O2S2/c1-3-11-24(32)29-22-16-10-17-23(18-22)35-26(21-14-8-5-9-15-21)27(33)31-28-30-25(19(2)34-28)20-12-6-4-7-13-20/h4-10,12-18,26H,3,11H2,1-2H3,(H,29,32)(H,30,31,33). The van der Waals surface area contributed by atoms with E-state index in [0.717, 1.165) is 38.7 Å². The molecule has 2 amide bonds. The number of carbonyl (C=O) groups excluding carboxylic acids is 2. The first kappa shape index (κ1) is 24.7. The van der Waals surface area contributed by atoms with Gasteiger partial charge in [0, 0.05) is 27.4 Å². The minimum atomic E-state index is -0.484. The molecular formula is C28H27N3O2S2. The average molecular weight is 502 g/mol. The smallest absolute Gasteiger partial charge is 0.244 e. The quantitative estimate of drug-likeness (QED) is 0.236. The normalized spacial score (nSPS) is 11.6. The van der Waals surface area contributed by atoms with Crippen molar-refractivity contribution in [3.05, 3.63) is 95.4 Å². The lowest BCUT2D eigenvalue weighted by molar-refractivity contribution is -0.116. The number of hydrogen-bond acceptors (Lipinski definition) is 5. The van der Waals surface area contributed by atoms with Crippen molar-refractivity contribution in [3.8, 4) is 11.3 Å². The zero-order valence-corrected chi connectivity index (χ0v) is 21.3. The Morgan fingerprint density at radius 1 is 0.943 bits per heavy atom. The van der Waals surface area contributed by atoms with Crippen LogP contribution >= 0.6 is 23.1 Å². The van der Waals surface area contributed by atoms with Crippen LogP contribution in [-0.2, 0) is 9.59 Å². The Hall–Kier alpha value is -3.42. The van der Waals surface area contributed by atoms with E-state index in [1.807, 2.05) is 98.8 Å². The molecule has 0 radical (unpaired) electrons. The molecule has 3 aromatic carbocycles. The number of nitrogens with one attached hydrogen (secondary N) is 2. The Labute approximate surface area is 214 Å². The zero-order chi connectivity index (χ0) is 24.6. The maximum Gasteiger partial charge on any atom is 0.244 e. The molecular weight excluding hydrogens is 474 g/mol. The highest BCUT2D eigenvalue weighted by molar-refractivity contribution is 8.00. The maximum atomic E-state index is 13.5. The Morgan fingerprint density at radius 3 is 2.37 bits per heavy atom. The van der Waals surface area contributed by atoms with E-state index in [2.05, 4.69) is 10.6 Å². The summed E-state index contributed by atoms with van der Waals surface area (Å²) in [6.45, 7) is 3.99. The molecule has 1 aromatic heterocycles. The van der Waals surface area contributed by atoms with E-state index < -0.39 is 5.25 Å². The molecule has 0 spiro atoms. The van der Waals surface area contributed by atoms with Gasteiger partial charge < -0.3 is 10.6 Å². The molecule has 1 heterocycles. The fourth-order valence-electron chi connectivity index (χ4n) is 3.62. The van der Waals surface area contributed by atoms with E-state index in [-0.39, 0.29) is 11.8 Å². The molecule has 0 saturated carbocycles. The SMILES string of the molecule is CCCC(=O)Nc1cccc(SC(C(=O)Nc2nc(-c3ccccc3)c(C)s2)c2ccccc2)c1. The van der Waals surface area contributed by atoms with Gasteiger partial charge >= 0.3 is 0 Å².